The van der Waals surface area contributed by atoms with Crippen molar-refractivity contribution in [1.29, 1.82) is 0 Å². The first-order valence-corrected chi connectivity index (χ1v) is 5.38. The minimum atomic E-state index is -0.881. The van der Waals surface area contributed by atoms with Gasteiger partial charge >= 0.3 is 0 Å². The van der Waals surface area contributed by atoms with Crippen molar-refractivity contribution >= 4 is 11.6 Å². The van der Waals surface area contributed by atoms with Crippen LogP contribution in [0.5, 0.6) is 5.75 Å². The molecule has 0 saturated heterocycles. The number of halogens is 3. The van der Waals surface area contributed by atoms with Gasteiger partial charge in [0.25, 0.3) is 0 Å². The summed E-state index contributed by atoms with van der Waals surface area (Å²) in [5, 5.41) is -0.162. The van der Waals surface area contributed by atoms with Crippen LogP contribution in [0.2, 0.25) is 5.02 Å². The number of ether oxygens (including phenoxy) is 1. The van der Waals surface area contributed by atoms with Crippen LogP contribution in [-0.4, -0.2) is 7.11 Å². The third kappa shape index (κ3) is 1.57. The van der Waals surface area contributed by atoms with Crippen LogP contribution in [0.15, 0.2) is 6.07 Å². The van der Waals surface area contributed by atoms with E-state index in [2.05, 4.69) is 4.74 Å². The normalized spacial score (nSPS) is 18.1. The first-order valence-electron chi connectivity index (χ1n) is 5.00. The first-order chi connectivity index (χ1) is 7.49. The molecule has 1 aliphatic rings. The molecule has 2 rings (SSSR count). The van der Waals surface area contributed by atoms with Crippen LogP contribution in [-0.2, 0) is 5.54 Å². The maximum absolute atomic E-state index is 13.9. The maximum Gasteiger partial charge on any atom is 0.192 e. The van der Waals surface area contributed by atoms with Gasteiger partial charge in [0.2, 0.25) is 0 Å². The zero-order valence-electron chi connectivity index (χ0n) is 8.82. The lowest BCUT2D eigenvalue weighted by atomic mass is 9.72. The van der Waals surface area contributed by atoms with Gasteiger partial charge in [-0.2, -0.15) is 0 Å². The van der Waals surface area contributed by atoms with Crippen molar-refractivity contribution in [3.63, 3.8) is 0 Å². The molecule has 0 atom stereocenters. The van der Waals surface area contributed by atoms with Crippen LogP contribution >= 0.6 is 11.6 Å². The highest BCUT2D eigenvalue weighted by molar-refractivity contribution is 6.31. The summed E-state index contributed by atoms with van der Waals surface area (Å²) in [5.41, 5.74) is 5.50. The summed E-state index contributed by atoms with van der Waals surface area (Å²) < 4.78 is 32.0. The van der Waals surface area contributed by atoms with E-state index in [1.54, 1.807) is 0 Å². The van der Waals surface area contributed by atoms with Gasteiger partial charge in [0.05, 0.1) is 12.1 Å². The Bertz CT molecular complexity index is 432. The fourth-order valence-electron chi connectivity index (χ4n) is 1.95. The Hall–Kier alpha value is -0.870. The molecule has 0 heterocycles. The van der Waals surface area contributed by atoms with Crippen LogP contribution < -0.4 is 10.5 Å². The maximum atomic E-state index is 13.9. The summed E-state index contributed by atoms with van der Waals surface area (Å²) in [6.45, 7) is 0. The van der Waals surface area contributed by atoms with Gasteiger partial charge in [-0.25, -0.2) is 8.78 Å². The minimum absolute atomic E-state index is 0.162. The number of hydrogen-bond acceptors (Lipinski definition) is 2. The minimum Gasteiger partial charge on any atom is -0.491 e. The van der Waals surface area contributed by atoms with Crippen LogP contribution in [0.3, 0.4) is 0 Å². The number of benzene rings is 1. The molecule has 88 valence electrons. The van der Waals surface area contributed by atoms with Crippen molar-refractivity contribution in [2.45, 2.75) is 24.8 Å². The summed E-state index contributed by atoms with van der Waals surface area (Å²) in [6.07, 6.45) is 2.29. The summed E-state index contributed by atoms with van der Waals surface area (Å²) in [7, 11) is 1.20. The zero-order valence-corrected chi connectivity index (χ0v) is 9.57. The van der Waals surface area contributed by atoms with Crippen LogP contribution in [0.4, 0.5) is 8.78 Å². The predicted octanol–water partition coefficient (Wildman–Crippen LogP) is 2.96. The highest BCUT2D eigenvalue weighted by Crippen LogP contribution is 2.43. The molecule has 0 unspecified atom stereocenters. The monoisotopic (exact) mass is 247 g/mol. The molecule has 1 saturated carbocycles. The molecule has 16 heavy (non-hydrogen) atoms. The molecule has 2 nitrogen and oxygen atoms in total. The zero-order chi connectivity index (χ0) is 11.9. The van der Waals surface area contributed by atoms with Crippen molar-refractivity contribution < 1.29 is 13.5 Å². The van der Waals surface area contributed by atoms with Gasteiger partial charge in [-0.1, -0.05) is 11.6 Å². The number of methoxy groups -OCH3 is 1. The van der Waals surface area contributed by atoms with E-state index in [0.29, 0.717) is 12.8 Å². The Morgan fingerprint density at radius 3 is 2.44 bits per heavy atom. The van der Waals surface area contributed by atoms with Crippen molar-refractivity contribution in [2.75, 3.05) is 7.11 Å². The molecule has 0 amide bonds. The second-order valence-electron chi connectivity index (χ2n) is 4.08. The van der Waals surface area contributed by atoms with Crippen LogP contribution in [0.25, 0.3) is 0 Å². The van der Waals surface area contributed by atoms with E-state index in [9.17, 15) is 8.78 Å². The summed E-state index contributed by atoms with van der Waals surface area (Å²) in [4.78, 5) is 0. The standard InChI is InChI=1S/C11H12ClF2NO/c1-16-10-8(13)6(5-7(12)9(10)14)11(15)3-2-4-11/h5H,2-4,15H2,1H3. The lowest BCUT2D eigenvalue weighted by molar-refractivity contribution is 0.240. The molecule has 1 aromatic rings. The number of rotatable bonds is 2. The van der Waals surface area contributed by atoms with Crippen molar-refractivity contribution in [2.24, 2.45) is 5.73 Å². The lowest BCUT2D eigenvalue weighted by Crippen LogP contribution is -2.44. The summed E-state index contributed by atoms with van der Waals surface area (Å²) >= 11 is 5.68. The van der Waals surface area contributed by atoms with E-state index in [0.717, 1.165) is 6.42 Å². The average Bonchev–Trinajstić information content (AvgIpc) is 2.21. The molecule has 2 N–H and O–H groups in total. The van der Waals surface area contributed by atoms with Gasteiger partial charge in [-0.15, -0.1) is 0 Å². The van der Waals surface area contributed by atoms with Crippen LogP contribution in [0.1, 0.15) is 24.8 Å². The fourth-order valence-corrected chi connectivity index (χ4v) is 2.14. The molecule has 0 aliphatic heterocycles. The van der Waals surface area contributed by atoms with Gasteiger partial charge in [0, 0.05) is 11.1 Å². The summed E-state index contributed by atoms with van der Waals surface area (Å²) in [5.74, 6) is -2.08. The van der Waals surface area contributed by atoms with Crippen LogP contribution in [0, 0.1) is 11.6 Å². The second-order valence-corrected chi connectivity index (χ2v) is 4.48. The van der Waals surface area contributed by atoms with E-state index in [1.807, 2.05) is 0 Å². The first kappa shape index (κ1) is 11.6. The van der Waals surface area contributed by atoms with Gasteiger partial charge < -0.3 is 10.5 Å². The Morgan fingerprint density at radius 2 is 2.00 bits per heavy atom. The summed E-state index contributed by atoms with van der Waals surface area (Å²) in [6, 6.07) is 1.26. The number of nitrogens with two attached hydrogens (primary N) is 1. The van der Waals surface area contributed by atoms with E-state index in [-0.39, 0.29) is 10.6 Å². The molecule has 1 aromatic carbocycles. The van der Waals surface area contributed by atoms with E-state index >= 15 is 0 Å². The van der Waals surface area contributed by atoms with E-state index in [1.165, 1.54) is 13.2 Å². The Kier molecular flexibility index (Phi) is 2.80. The fraction of sp³-hybridized carbons (Fsp3) is 0.455. The Labute approximate surface area is 97.3 Å². The van der Waals surface area contributed by atoms with E-state index in [4.69, 9.17) is 17.3 Å². The second kappa shape index (κ2) is 3.86. The highest BCUT2D eigenvalue weighted by atomic mass is 35.5. The topological polar surface area (TPSA) is 35.2 Å². The Morgan fingerprint density at radius 1 is 1.38 bits per heavy atom. The van der Waals surface area contributed by atoms with Gasteiger partial charge in [0.15, 0.2) is 17.4 Å². The van der Waals surface area contributed by atoms with Crippen molar-refractivity contribution in [1.82, 2.24) is 0 Å². The largest absolute Gasteiger partial charge is 0.491 e. The molecule has 0 bridgehead atoms. The molecule has 1 fully saturated rings. The Balaban J connectivity index is 2.58. The molecule has 0 radical (unpaired) electrons. The molecule has 0 aromatic heterocycles. The third-order valence-corrected chi connectivity index (χ3v) is 3.38. The average molecular weight is 248 g/mol. The molecular formula is C11H12ClF2NO. The SMILES string of the molecule is COc1c(F)c(Cl)cc(C2(N)CCC2)c1F. The third-order valence-electron chi connectivity index (χ3n) is 3.10. The quantitative estimate of drug-likeness (QED) is 0.816. The predicted molar refractivity (Wildman–Crippen MR) is 57.6 cm³/mol. The molecule has 5 heteroatoms. The lowest BCUT2D eigenvalue weighted by Gasteiger charge is -2.39. The number of hydrogen-bond donors (Lipinski definition) is 1. The smallest absolute Gasteiger partial charge is 0.192 e. The van der Waals surface area contributed by atoms with E-state index < -0.39 is 22.9 Å². The molecular weight excluding hydrogens is 236 g/mol. The molecule has 0 spiro atoms. The van der Waals surface area contributed by atoms with Crippen molar-refractivity contribution in [3.8, 4) is 5.75 Å². The van der Waals surface area contributed by atoms with Crippen molar-refractivity contribution in [3.05, 3.63) is 28.3 Å². The van der Waals surface area contributed by atoms with Gasteiger partial charge in [-0.05, 0) is 25.3 Å². The molecule has 1 aliphatic carbocycles. The van der Waals surface area contributed by atoms with Gasteiger partial charge in [-0.3, -0.25) is 0 Å². The van der Waals surface area contributed by atoms with Gasteiger partial charge in [0.1, 0.15) is 0 Å². The highest BCUT2D eigenvalue weighted by Gasteiger charge is 2.38.